The molecule has 0 aromatic heterocycles. The molecule has 0 atom stereocenters. The van der Waals surface area contributed by atoms with Gasteiger partial charge in [-0.05, 0) is 37.0 Å². The van der Waals surface area contributed by atoms with E-state index >= 15 is 0 Å². The van der Waals surface area contributed by atoms with Crippen molar-refractivity contribution >= 4 is 35.8 Å². The Labute approximate surface area is 219 Å². The lowest BCUT2D eigenvalue weighted by atomic mass is 9.95. The van der Waals surface area contributed by atoms with Gasteiger partial charge in [-0.25, -0.2) is 4.79 Å². The number of esters is 6. The summed E-state index contributed by atoms with van der Waals surface area (Å²) in [5.41, 5.74) is -2.86. The van der Waals surface area contributed by atoms with Crippen LogP contribution in [0.2, 0.25) is 0 Å². The van der Waals surface area contributed by atoms with Gasteiger partial charge >= 0.3 is 35.8 Å². The zero-order valence-electron chi connectivity index (χ0n) is 23.1. The van der Waals surface area contributed by atoms with E-state index in [9.17, 15) is 33.9 Å². The van der Waals surface area contributed by atoms with Gasteiger partial charge in [0.2, 0.25) is 0 Å². The smallest absolute Gasteiger partial charge is 0.346 e. The quantitative estimate of drug-likeness (QED) is 0.165. The van der Waals surface area contributed by atoms with E-state index in [2.05, 4.69) is 14.2 Å². The first kappa shape index (κ1) is 34.4. The number of hydrogen-bond acceptors (Lipinski definition) is 10. The lowest BCUT2D eigenvalue weighted by Gasteiger charge is -2.23. The highest BCUT2D eigenvalue weighted by molar-refractivity contribution is 5.98. The molecule has 0 aliphatic rings. The SMILES string of the molecule is CC(C)CCCC(=O)OC(=O)CC(O)(CC(=O)OC(=O)CCCC(C)C)C(=O)OC(=O)CCCC(C)C. The van der Waals surface area contributed by atoms with Gasteiger partial charge in [0.25, 0.3) is 0 Å². The normalized spacial score (nSPS) is 11.5. The number of carbonyl (C=O) groups excluding carboxylic acids is 6. The van der Waals surface area contributed by atoms with Gasteiger partial charge in [-0.2, -0.15) is 0 Å². The Morgan fingerprint density at radius 2 is 0.838 bits per heavy atom. The Hall–Kier alpha value is -2.62. The first-order valence-corrected chi connectivity index (χ1v) is 13.1. The second-order valence-corrected chi connectivity index (χ2v) is 10.7. The van der Waals surface area contributed by atoms with E-state index in [-0.39, 0.29) is 19.3 Å². The number of ether oxygens (including phenoxy) is 3. The highest BCUT2D eigenvalue weighted by Gasteiger charge is 2.45. The van der Waals surface area contributed by atoms with Crippen molar-refractivity contribution in [1.82, 2.24) is 0 Å². The molecule has 0 bridgehead atoms. The molecule has 0 aromatic rings. The van der Waals surface area contributed by atoms with Gasteiger partial charge in [-0.1, -0.05) is 60.8 Å². The van der Waals surface area contributed by atoms with Gasteiger partial charge in [0.05, 0.1) is 12.8 Å². The Morgan fingerprint density at radius 1 is 0.541 bits per heavy atom. The molecule has 10 nitrogen and oxygen atoms in total. The monoisotopic (exact) mass is 528 g/mol. The van der Waals surface area contributed by atoms with Crippen LogP contribution >= 0.6 is 0 Å². The minimum absolute atomic E-state index is 0.0476. The molecule has 1 N–H and O–H groups in total. The second kappa shape index (κ2) is 17.8. The van der Waals surface area contributed by atoms with E-state index in [4.69, 9.17) is 0 Å². The van der Waals surface area contributed by atoms with Crippen molar-refractivity contribution in [3.8, 4) is 0 Å². The topological polar surface area (TPSA) is 150 Å². The Bertz CT molecular complexity index is 740. The van der Waals surface area contributed by atoms with Crippen LogP contribution in [0.1, 0.15) is 112 Å². The van der Waals surface area contributed by atoms with Crippen LogP contribution in [0.5, 0.6) is 0 Å². The third-order valence-corrected chi connectivity index (χ3v) is 5.40. The molecule has 10 heteroatoms. The van der Waals surface area contributed by atoms with Gasteiger partial charge in [-0.15, -0.1) is 0 Å². The van der Waals surface area contributed by atoms with Gasteiger partial charge in [0.15, 0.2) is 5.60 Å². The summed E-state index contributed by atoms with van der Waals surface area (Å²) in [6, 6.07) is 0. The molecule has 0 unspecified atom stereocenters. The molecule has 0 heterocycles. The minimum Gasteiger partial charge on any atom is -0.393 e. The molecule has 0 saturated heterocycles. The van der Waals surface area contributed by atoms with Crippen LogP contribution in [0.15, 0.2) is 0 Å². The molecule has 0 radical (unpaired) electrons. The van der Waals surface area contributed by atoms with Crippen molar-refractivity contribution in [2.75, 3.05) is 0 Å². The summed E-state index contributed by atoms with van der Waals surface area (Å²) in [5.74, 6) is -5.75. The first-order valence-electron chi connectivity index (χ1n) is 13.1. The van der Waals surface area contributed by atoms with Crippen molar-refractivity contribution in [3.05, 3.63) is 0 Å². The predicted octanol–water partition coefficient (Wildman–Crippen LogP) is 4.19. The van der Waals surface area contributed by atoms with Crippen molar-refractivity contribution in [2.24, 2.45) is 17.8 Å². The lowest BCUT2D eigenvalue weighted by molar-refractivity contribution is -0.184. The summed E-state index contributed by atoms with van der Waals surface area (Å²) in [4.78, 5) is 73.1. The molecule has 0 spiro atoms. The molecule has 0 aliphatic carbocycles. The highest BCUT2D eigenvalue weighted by Crippen LogP contribution is 2.21. The van der Waals surface area contributed by atoms with Crippen LogP contribution in [0.25, 0.3) is 0 Å². The first-order chi connectivity index (χ1) is 17.1. The van der Waals surface area contributed by atoms with Crippen LogP contribution < -0.4 is 0 Å². The standard InChI is InChI=1S/C27H44O10/c1-18(2)10-7-13-21(28)35-24(31)16-27(34,26(33)37-23(30)15-9-12-20(5)6)17-25(32)36-22(29)14-8-11-19(3)4/h18-20,34H,7-17H2,1-6H3. The maximum absolute atomic E-state index is 12.6. The molecule has 212 valence electrons. The van der Waals surface area contributed by atoms with Crippen LogP contribution in [0, 0.1) is 17.8 Å². The van der Waals surface area contributed by atoms with Gasteiger partial charge in [0.1, 0.15) is 0 Å². The fraction of sp³-hybridized carbons (Fsp3) is 0.778. The Kier molecular flexibility index (Phi) is 16.5. The summed E-state index contributed by atoms with van der Waals surface area (Å²) in [7, 11) is 0. The number of carbonyl (C=O) groups is 6. The maximum atomic E-state index is 12.6. The van der Waals surface area contributed by atoms with Crippen molar-refractivity contribution in [2.45, 2.75) is 118 Å². The summed E-state index contributed by atoms with van der Waals surface area (Å²) >= 11 is 0. The van der Waals surface area contributed by atoms with E-state index in [1.807, 2.05) is 41.5 Å². The lowest BCUT2D eigenvalue weighted by Crippen LogP contribution is -2.46. The molecule has 0 saturated carbocycles. The largest absolute Gasteiger partial charge is 0.393 e. The van der Waals surface area contributed by atoms with Crippen molar-refractivity contribution < 1.29 is 48.1 Å². The zero-order chi connectivity index (χ0) is 28.6. The molecule has 0 aromatic carbocycles. The van der Waals surface area contributed by atoms with Crippen LogP contribution in [0.4, 0.5) is 0 Å². The second-order valence-electron chi connectivity index (χ2n) is 10.7. The van der Waals surface area contributed by atoms with Crippen LogP contribution in [-0.4, -0.2) is 46.5 Å². The fourth-order valence-electron chi connectivity index (χ4n) is 3.33. The van der Waals surface area contributed by atoms with Crippen molar-refractivity contribution in [1.29, 1.82) is 0 Å². The van der Waals surface area contributed by atoms with Crippen LogP contribution in [-0.2, 0) is 43.0 Å². The Balaban J connectivity index is 5.26. The number of rotatable bonds is 17. The molecule has 37 heavy (non-hydrogen) atoms. The van der Waals surface area contributed by atoms with Gasteiger partial charge in [-0.3, -0.25) is 24.0 Å². The molecule has 0 rings (SSSR count). The molecule has 0 aliphatic heterocycles. The van der Waals surface area contributed by atoms with E-state index in [0.29, 0.717) is 43.4 Å². The van der Waals surface area contributed by atoms with E-state index in [0.717, 1.165) is 12.8 Å². The van der Waals surface area contributed by atoms with E-state index in [1.165, 1.54) is 0 Å². The van der Waals surface area contributed by atoms with Gasteiger partial charge in [0, 0.05) is 19.3 Å². The highest BCUT2D eigenvalue weighted by atomic mass is 16.6. The molecule has 0 fully saturated rings. The summed E-state index contributed by atoms with van der Waals surface area (Å²) in [6.07, 6.45) is 1.06. The molecular formula is C27H44O10. The minimum atomic E-state index is -2.86. The molecule has 0 amide bonds. The third kappa shape index (κ3) is 17.5. The maximum Gasteiger partial charge on any atom is 0.346 e. The number of aliphatic hydroxyl groups is 1. The fourth-order valence-corrected chi connectivity index (χ4v) is 3.33. The van der Waals surface area contributed by atoms with Crippen molar-refractivity contribution in [3.63, 3.8) is 0 Å². The van der Waals surface area contributed by atoms with Crippen LogP contribution in [0.3, 0.4) is 0 Å². The van der Waals surface area contributed by atoms with E-state index < -0.39 is 54.3 Å². The average molecular weight is 529 g/mol. The molecular weight excluding hydrogens is 484 g/mol. The number of hydrogen-bond donors (Lipinski definition) is 1. The summed E-state index contributed by atoms with van der Waals surface area (Å²) in [5, 5.41) is 10.9. The summed E-state index contributed by atoms with van der Waals surface area (Å²) in [6.45, 7) is 11.8. The Morgan fingerprint density at radius 3 is 1.14 bits per heavy atom. The third-order valence-electron chi connectivity index (χ3n) is 5.40. The predicted molar refractivity (Wildman–Crippen MR) is 134 cm³/mol. The van der Waals surface area contributed by atoms with Gasteiger partial charge < -0.3 is 19.3 Å². The summed E-state index contributed by atoms with van der Waals surface area (Å²) < 4.78 is 14.0. The van der Waals surface area contributed by atoms with E-state index in [1.54, 1.807) is 0 Å². The zero-order valence-corrected chi connectivity index (χ0v) is 23.1. The average Bonchev–Trinajstić information content (AvgIpc) is 2.72.